The normalized spacial score (nSPS) is 12.7. The number of nitrogens with zero attached hydrogens (tertiary/aromatic N) is 3. The average molecular weight is 266 g/mol. The Kier molecular flexibility index (Phi) is 6.02. The quantitative estimate of drug-likeness (QED) is 0.809. The van der Waals surface area contributed by atoms with Gasteiger partial charge < -0.3 is 10.2 Å². The first-order chi connectivity index (χ1) is 9.03. The van der Waals surface area contributed by atoms with Crippen molar-refractivity contribution in [3.8, 4) is 0 Å². The second-order valence-corrected chi connectivity index (χ2v) is 5.05. The largest absolute Gasteiger partial charge is 0.371 e. The Labute approximate surface area is 115 Å². The molecular weight excluding hydrogens is 240 g/mol. The van der Waals surface area contributed by atoms with Gasteiger partial charge in [-0.1, -0.05) is 13.8 Å². The SMILES string of the molecule is CCN(CC)c1cnn(CC(NC)C(C)C)c(=O)c1. The molecule has 0 bridgehead atoms. The number of anilines is 1. The molecule has 0 aliphatic heterocycles. The van der Waals surface area contributed by atoms with E-state index in [-0.39, 0.29) is 11.6 Å². The number of likely N-dealkylation sites (N-methyl/N-ethyl adjacent to an activating group) is 1. The highest BCUT2D eigenvalue weighted by Gasteiger charge is 2.13. The van der Waals surface area contributed by atoms with E-state index in [1.807, 2.05) is 7.05 Å². The van der Waals surface area contributed by atoms with Gasteiger partial charge in [-0.25, -0.2) is 4.68 Å². The molecule has 19 heavy (non-hydrogen) atoms. The molecule has 1 rings (SSSR count). The van der Waals surface area contributed by atoms with Crippen molar-refractivity contribution in [3.63, 3.8) is 0 Å². The first kappa shape index (κ1) is 15.7. The van der Waals surface area contributed by atoms with Gasteiger partial charge in [-0.2, -0.15) is 5.10 Å². The molecule has 0 saturated carbocycles. The Morgan fingerprint density at radius 3 is 2.42 bits per heavy atom. The van der Waals surface area contributed by atoms with Gasteiger partial charge in [0.15, 0.2) is 0 Å². The van der Waals surface area contributed by atoms with Crippen LogP contribution in [-0.4, -0.2) is 36.0 Å². The van der Waals surface area contributed by atoms with Crippen LogP contribution >= 0.6 is 0 Å². The number of aromatic nitrogens is 2. The number of hydrogen-bond acceptors (Lipinski definition) is 4. The van der Waals surface area contributed by atoms with Gasteiger partial charge in [-0.3, -0.25) is 4.79 Å². The van der Waals surface area contributed by atoms with Gasteiger partial charge in [-0.15, -0.1) is 0 Å². The molecule has 0 aliphatic rings. The van der Waals surface area contributed by atoms with Gasteiger partial charge in [-0.05, 0) is 26.8 Å². The Bertz CT molecular complexity index is 437. The van der Waals surface area contributed by atoms with Crippen molar-refractivity contribution in [2.75, 3.05) is 25.0 Å². The molecule has 1 aromatic rings. The van der Waals surface area contributed by atoms with Crippen LogP contribution in [0.5, 0.6) is 0 Å². The van der Waals surface area contributed by atoms with Gasteiger partial charge in [0, 0.05) is 25.2 Å². The molecule has 0 saturated heterocycles. The van der Waals surface area contributed by atoms with E-state index in [0.29, 0.717) is 12.5 Å². The van der Waals surface area contributed by atoms with Crippen LogP contribution in [0.1, 0.15) is 27.7 Å². The van der Waals surface area contributed by atoms with Crippen molar-refractivity contribution in [2.24, 2.45) is 5.92 Å². The van der Waals surface area contributed by atoms with Gasteiger partial charge in [0.05, 0.1) is 18.4 Å². The van der Waals surface area contributed by atoms with E-state index in [1.165, 1.54) is 4.68 Å². The minimum Gasteiger partial charge on any atom is -0.371 e. The molecule has 0 fully saturated rings. The van der Waals surface area contributed by atoms with Gasteiger partial charge in [0.25, 0.3) is 5.56 Å². The summed E-state index contributed by atoms with van der Waals surface area (Å²) in [6.07, 6.45) is 1.78. The lowest BCUT2D eigenvalue weighted by atomic mass is 10.1. The Morgan fingerprint density at radius 1 is 1.37 bits per heavy atom. The van der Waals surface area contributed by atoms with Gasteiger partial charge >= 0.3 is 0 Å². The average Bonchev–Trinajstić information content (AvgIpc) is 2.38. The van der Waals surface area contributed by atoms with Crippen LogP contribution in [0.15, 0.2) is 17.1 Å². The van der Waals surface area contributed by atoms with E-state index >= 15 is 0 Å². The Balaban J connectivity index is 2.91. The van der Waals surface area contributed by atoms with Crippen molar-refractivity contribution >= 4 is 5.69 Å². The number of hydrogen-bond donors (Lipinski definition) is 1. The smallest absolute Gasteiger partial charge is 0.268 e. The van der Waals surface area contributed by atoms with Crippen LogP contribution in [0, 0.1) is 5.92 Å². The minimum absolute atomic E-state index is 0.0368. The summed E-state index contributed by atoms with van der Waals surface area (Å²) in [6, 6.07) is 1.93. The maximum absolute atomic E-state index is 12.1. The number of rotatable bonds is 7. The lowest BCUT2D eigenvalue weighted by Crippen LogP contribution is -2.39. The lowest BCUT2D eigenvalue weighted by molar-refractivity contribution is 0.355. The maximum Gasteiger partial charge on any atom is 0.268 e. The van der Waals surface area contributed by atoms with Crippen molar-refractivity contribution in [3.05, 3.63) is 22.6 Å². The van der Waals surface area contributed by atoms with Gasteiger partial charge in [0.2, 0.25) is 0 Å². The van der Waals surface area contributed by atoms with Crippen LogP contribution in [0.2, 0.25) is 0 Å². The molecule has 0 aromatic carbocycles. The first-order valence-corrected chi connectivity index (χ1v) is 7.02. The molecule has 0 aliphatic carbocycles. The fraction of sp³-hybridized carbons (Fsp3) is 0.714. The molecule has 1 heterocycles. The Morgan fingerprint density at radius 2 is 2.00 bits per heavy atom. The van der Waals surface area contributed by atoms with E-state index in [9.17, 15) is 4.79 Å². The predicted octanol–water partition coefficient (Wildman–Crippen LogP) is 1.33. The minimum atomic E-state index is -0.0368. The molecule has 0 amide bonds. The summed E-state index contributed by atoms with van der Waals surface area (Å²) in [5.41, 5.74) is 0.863. The van der Waals surface area contributed by atoms with E-state index in [4.69, 9.17) is 0 Å². The predicted molar refractivity (Wildman–Crippen MR) is 79.7 cm³/mol. The molecule has 1 atom stereocenters. The van der Waals surface area contributed by atoms with Crippen LogP contribution in [-0.2, 0) is 6.54 Å². The zero-order chi connectivity index (χ0) is 14.4. The number of nitrogens with one attached hydrogen (secondary N) is 1. The summed E-state index contributed by atoms with van der Waals surface area (Å²) in [6.45, 7) is 10.8. The van der Waals surface area contributed by atoms with Crippen molar-refractivity contribution in [2.45, 2.75) is 40.3 Å². The van der Waals surface area contributed by atoms with Crippen LogP contribution in [0.4, 0.5) is 5.69 Å². The highest BCUT2D eigenvalue weighted by Crippen LogP contribution is 2.09. The molecule has 108 valence electrons. The van der Waals surface area contributed by atoms with Crippen LogP contribution < -0.4 is 15.8 Å². The molecular formula is C14H26N4O. The third-order valence-electron chi connectivity index (χ3n) is 3.53. The third kappa shape index (κ3) is 4.06. The summed E-state index contributed by atoms with van der Waals surface area (Å²) >= 11 is 0. The van der Waals surface area contributed by atoms with E-state index < -0.39 is 0 Å². The van der Waals surface area contributed by atoms with E-state index in [0.717, 1.165) is 18.8 Å². The van der Waals surface area contributed by atoms with Gasteiger partial charge in [0.1, 0.15) is 0 Å². The highest BCUT2D eigenvalue weighted by molar-refractivity contribution is 5.42. The summed E-state index contributed by atoms with van der Waals surface area (Å²) in [4.78, 5) is 14.2. The fourth-order valence-corrected chi connectivity index (χ4v) is 2.14. The third-order valence-corrected chi connectivity index (χ3v) is 3.53. The lowest BCUT2D eigenvalue weighted by Gasteiger charge is -2.22. The molecule has 0 spiro atoms. The summed E-state index contributed by atoms with van der Waals surface area (Å²) in [5.74, 6) is 0.459. The topological polar surface area (TPSA) is 50.2 Å². The zero-order valence-corrected chi connectivity index (χ0v) is 12.7. The van der Waals surface area contributed by atoms with Crippen LogP contribution in [0.25, 0.3) is 0 Å². The first-order valence-electron chi connectivity index (χ1n) is 7.02. The molecule has 1 unspecified atom stereocenters. The maximum atomic E-state index is 12.1. The highest BCUT2D eigenvalue weighted by atomic mass is 16.1. The van der Waals surface area contributed by atoms with Crippen molar-refractivity contribution in [1.29, 1.82) is 0 Å². The van der Waals surface area contributed by atoms with Crippen molar-refractivity contribution in [1.82, 2.24) is 15.1 Å². The standard InChI is InChI=1S/C14H26N4O/c1-6-17(7-2)12-8-14(19)18(16-9-12)10-13(15-5)11(3)4/h8-9,11,13,15H,6-7,10H2,1-5H3. The van der Waals surface area contributed by atoms with Crippen molar-refractivity contribution < 1.29 is 0 Å². The molecule has 5 heteroatoms. The Hall–Kier alpha value is -1.36. The molecule has 5 nitrogen and oxygen atoms in total. The summed E-state index contributed by atoms with van der Waals surface area (Å²) in [7, 11) is 1.92. The van der Waals surface area contributed by atoms with E-state index in [1.54, 1.807) is 12.3 Å². The monoisotopic (exact) mass is 266 g/mol. The summed E-state index contributed by atoms with van der Waals surface area (Å²) in [5, 5.41) is 7.51. The van der Waals surface area contributed by atoms with Crippen LogP contribution in [0.3, 0.4) is 0 Å². The second-order valence-electron chi connectivity index (χ2n) is 5.05. The second kappa shape index (κ2) is 7.28. The zero-order valence-electron chi connectivity index (χ0n) is 12.7. The molecule has 1 N–H and O–H groups in total. The summed E-state index contributed by atoms with van der Waals surface area (Å²) < 4.78 is 1.54. The fourth-order valence-electron chi connectivity index (χ4n) is 2.14. The molecule has 0 radical (unpaired) electrons. The van der Waals surface area contributed by atoms with E-state index in [2.05, 4.69) is 43.0 Å². The molecule has 1 aromatic heterocycles.